The molecule has 0 aliphatic rings. The summed E-state index contributed by atoms with van der Waals surface area (Å²) in [5, 5.41) is 0.360. The molecule has 0 aliphatic carbocycles. The van der Waals surface area contributed by atoms with Crippen molar-refractivity contribution in [2.45, 2.75) is 207 Å². The highest BCUT2D eigenvalue weighted by molar-refractivity contribution is 8.13. The van der Waals surface area contributed by atoms with Gasteiger partial charge in [0.05, 0.1) is 6.61 Å². The van der Waals surface area contributed by atoms with Gasteiger partial charge in [-0.05, 0) is 76.9 Å². The van der Waals surface area contributed by atoms with Gasteiger partial charge in [-0.1, -0.05) is 160 Å². The zero-order valence-electron chi connectivity index (χ0n) is 33.0. The van der Waals surface area contributed by atoms with Gasteiger partial charge in [-0.3, -0.25) is 9.59 Å². The molecule has 0 bridgehead atoms. The highest BCUT2D eigenvalue weighted by Gasteiger charge is 2.01. The van der Waals surface area contributed by atoms with E-state index in [4.69, 9.17) is 4.74 Å². The van der Waals surface area contributed by atoms with E-state index in [9.17, 15) is 9.59 Å². The van der Waals surface area contributed by atoms with E-state index in [-0.39, 0.29) is 5.97 Å². The molecule has 284 valence electrons. The summed E-state index contributed by atoms with van der Waals surface area (Å²) in [5.41, 5.74) is 0. The van der Waals surface area contributed by atoms with E-state index in [2.05, 4.69) is 52.3 Å². The maximum Gasteiger partial charge on any atom is 0.305 e. The predicted octanol–water partition coefficient (Wildman–Crippen LogP) is 15.5. The lowest BCUT2D eigenvalue weighted by atomic mass is 10.1. The Hall–Kier alpha value is -1.55. The van der Waals surface area contributed by atoms with Crippen LogP contribution in [0.25, 0.3) is 0 Å². The fourth-order valence-corrected chi connectivity index (χ4v) is 5.57. The van der Waals surface area contributed by atoms with Gasteiger partial charge in [-0.2, -0.15) is 0 Å². The van der Waals surface area contributed by atoms with Crippen molar-refractivity contribution >= 4 is 22.8 Å². The summed E-state index contributed by atoms with van der Waals surface area (Å²) < 4.78 is 4.91. The molecule has 3 nitrogen and oxygen atoms in total. The summed E-state index contributed by atoms with van der Waals surface area (Å²) in [5.74, 6) is 0.873. The van der Waals surface area contributed by atoms with Crippen LogP contribution in [0, 0.1) is 0 Å². The van der Waals surface area contributed by atoms with E-state index in [0.717, 1.165) is 37.9 Å². The number of esters is 1. The Kier molecular flexibility index (Phi) is 60.9. The van der Waals surface area contributed by atoms with Crippen LogP contribution < -0.4 is 0 Å². The SMILES string of the molecule is C=C.C=CCCCCCCCC.C=CCCCCCCCC(=O)SCC.CCCCCCCC/C=C\CCCCCCCC(=O)OCC. The number of rotatable bonds is 32. The molecule has 0 fully saturated rings. The van der Waals surface area contributed by atoms with Gasteiger partial charge in [0.15, 0.2) is 5.12 Å². The average molecular weight is 693 g/mol. The molecule has 0 aromatic rings. The maximum absolute atomic E-state index is 11.1. The first-order chi connectivity index (χ1) is 23.5. The Balaban J connectivity index is -0.000000319. The molecule has 4 heteroatoms. The van der Waals surface area contributed by atoms with Crippen LogP contribution in [0.5, 0.6) is 0 Å². The predicted molar refractivity (Wildman–Crippen MR) is 221 cm³/mol. The van der Waals surface area contributed by atoms with Gasteiger partial charge in [-0.25, -0.2) is 0 Å². The second kappa shape index (κ2) is 54.9. The van der Waals surface area contributed by atoms with E-state index in [1.54, 1.807) is 0 Å². The van der Waals surface area contributed by atoms with Gasteiger partial charge in [0.2, 0.25) is 0 Å². The smallest absolute Gasteiger partial charge is 0.305 e. The van der Waals surface area contributed by atoms with Crippen molar-refractivity contribution in [3.8, 4) is 0 Å². The first kappa shape index (κ1) is 53.2. The molecule has 0 atom stereocenters. The molecule has 0 rings (SSSR count). The molecule has 0 unspecified atom stereocenters. The Morgan fingerprint density at radius 2 is 0.854 bits per heavy atom. The van der Waals surface area contributed by atoms with E-state index in [0.29, 0.717) is 18.1 Å². The zero-order valence-corrected chi connectivity index (χ0v) is 33.8. The van der Waals surface area contributed by atoms with E-state index >= 15 is 0 Å². The van der Waals surface area contributed by atoms with E-state index < -0.39 is 0 Å². The molecular weight excluding hydrogens is 609 g/mol. The minimum absolute atomic E-state index is 0.0415. The van der Waals surface area contributed by atoms with Crippen molar-refractivity contribution in [2.24, 2.45) is 0 Å². The summed E-state index contributed by atoms with van der Waals surface area (Å²) in [6, 6.07) is 0. The quantitative estimate of drug-likeness (QED) is 0.0400. The average Bonchev–Trinajstić information content (AvgIpc) is 3.09. The fourth-order valence-electron chi connectivity index (χ4n) is 4.96. The van der Waals surface area contributed by atoms with Crippen LogP contribution >= 0.6 is 11.8 Å². The molecule has 0 N–H and O–H groups in total. The third-order valence-electron chi connectivity index (χ3n) is 7.80. The molecule has 48 heavy (non-hydrogen) atoms. The summed E-state index contributed by atoms with van der Waals surface area (Å²) in [4.78, 5) is 22.3. The first-order valence-electron chi connectivity index (χ1n) is 20.2. The Morgan fingerprint density at radius 3 is 1.23 bits per heavy atom. The number of ether oxygens (including phenoxy) is 1. The summed E-state index contributed by atoms with van der Waals surface area (Å²) >= 11 is 1.45. The second-order valence-corrected chi connectivity index (χ2v) is 13.7. The van der Waals surface area contributed by atoms with Gasteiger partial charge in [0.25, 0.3) is 0 Å². The van der Waals surface area contributed by atoms with Gasteiger partial charge >= 0.3 is 5.97 Å². The lowest BCUT2D eigenvalue weighted by Crippen LogP contribution is -2.03. The van der Waals surface area contributed by atoms with Crippen LogP contribution in [0.4, 0.5) is 0 Å². The molecule has 0 aromatic carbocycles. The highest BCUT2D eigenvalue weighted by atomic mass is 32.2. The minimum Gasteiger partial charge on any atom is -0.466 e. The zero-order chi connectivity index (χ0) is 36.6. The fraction of sp³-hybridized carbons (Fsp3) is 0.773. The Bertz CT molecular complexity index is 658. The highest BCUT2D eigenvalue weighted by Crippen LogP contribution is 2.12. The number of unbranched alkanes of at least 4 members (excludes halogenated alkanes) is 22. The lowest BCUT2D eigenvalue weighted by Gasteiger charge is -2.01. The molecule has 0 radical (unpaired) electrons. The number of allylic oxidation sites excluding steroid dienone is 4. The molecular formula is C44H84O3S. The monoisotopic (exact) mass is 693 g/mol. The summed E-state index contributed by atoms with van der Waals surface area (Å²) in [7, 11) is 0. The van der Waals surface area contributed by atoms with Crippen LogP contribution in [0.1, 0.15) is 207 Å². The number of hydrogen-bond donors (Lipinski definition) is 0. The number of carbonyl (C=O) groups excluding carboxylic acids is 2. The van der Waals surface area contributed by atoms with Crippen molar-refractivity contribution in [1.82, 2.24) is 0 Å². The summed E-state index contributed by atoms with van der Waals surface area (Å²) in [6.07, 6.45) is 43.5. The Labute approximate surface area is 306 Å². The first-order valence-corrected chi connectivity index (χ1v) is 21.2. The van der Waals surface area contributed by atoms with Crippen LogP contribution in [0.3, 0.4) is 0 Å². The third-order valence-corrected chi connectivity index (χ3v) is 8.62. The van der Waals surface area contributed by atoms with Crippen LogP contribution in [-0.2, 0) is 14.3 Å². The van der Waals surface area contributed by atoms with Gasteiger partial charge in [0, 0.05) is 12.8 Å². The molecule has 0 aromatic heterocycles. The largest absolute Gasteiger partial charge is 0.466 e. The second-order valence-electron chi connectivity index (χ2n) is 12.4. The Morgan fingerprint density at radius 1 is 0.500 bits per heavy atom. The van der Waals surface area contributed by atoms with Crippen molar-refractivity contribution in [3.05, 3.63) is 50.6 Å². The number of hydrogen-bond acceptors (Lipinski definition) is 4. The normalized spacial score (nSPS) is 10.2. The lowest BCUT2D eigenvalue weighted by molar-refractivity contribution is -0.143. The molecule has 0 amide bonds. The minimum atomic E-state index is -0.0415. The van der Waals surface area contributed by atoms with Gasteiger partial charge in [-0.15, -0.1) is 26.3 Å². The van der Waals surface area contributed by atoms with E-state index in [1.807, 2.05) is 26.0 Å². The van der Waals surface area contributed by atoms with Crippen molar-refractivity contribution in [2.75, 3.05) is 12.4 Å². The topological polar surface area (TPSA) is 43.4 Å². The molecule has 0 saturated carbocycles. The molecule has 0 heterocycles. The molecule has 0 saturated heterocycles. The van der Waals surface area contributed by atoms with Gasteiger partial charge in [0.1, 0.15) is 0 Å². The number of thioether (sulfide) groups is 1. The maximum atomic E-state index is 11.1. The van der Waals surface area contributed by atoms with E-state index in [1.165, 1.54) is 153 Å². The number of carbonyl (C=O) groups is 2. The van der Waals surface area contributed by atoms with Gasteiger partial charge < -0.3 is 4.74 Å². The van der Waals surface area contributed by atoms with Crippen LogP contribution in [0.15, 0.2) is 50.6 Å². The standard InChI is InChI=1S/C20H38O2.C12H22OS.C10H20.C2H4/c1-3-5-6-7-8-9-10-11-12-13-14-15-16-17-18-19-20(21)22-4-2;1-3-5-6-7-8-9-10-11-12(13)14-4-2;1-3-5-7-9-10-8-6-4-2;1-2/h11-12H,3-10,13-19H2,1-2H3;3H,1,4-11H2,2H3;3H,1,4-10H2,2H3;1-2H2/b12-11-;;;. The summed E-state index contributed by atoms with van der Waals surface area (Å²) in [6.45, 7) is 22.3. The van der Waals surface area contributed by atoms with Crippen molar-refractivity contribution in [3.63, 3.8) is 0 Å². The molecule has 0 spiro atoms. The third kappa shape index (κ3) is 59.8. The molecule has 0 aliphatic heterocycles. The van der Waals surface area contributed by atoms with Crippen molar-refractivity contribution < 1.29 is 14.3 Å². The van der Waals surface area contributed by atoms with Crippen LogP contribution in [0.2, 0.25) is 0 Å². The van der Waals surface area contributed by atoms with Crippen molar-refractivity contribution in [1.29, 1.82) is 0 Å². The van der Waals surface area contributed by atoms with Crippen LogP contribution in [-0.4, -0.2) is 23.4 Å².